The molecule has 2 rings (SSSR count). The van der Waals surface area contributed by atoms with Gasteiger partial charge in [0.05, 0.1) is 0 Å². The summed E-state index contributed by atoms with van der Waals surface area (Å²) in [7, 11) is 0.135. The molecule has 0 radical (unpaired) electrons. The maximum atomic E-state index is 12.3. The molecule has 0 atom stereocenters. The van der Waals surface area contributed by atoms with Crippen LogP contribution in [0, 0.1) is 0 Å². The normalized spacial score (nSPS) is 21.3. The number of nitrogens with zero attached hydrogens (tertiary/aromatic N) is 1. The van der Waals surface area contributed by atoms with Gasteiger partial charge in [0.1, 0.15) is 6.61 Å². The largest absolute Gasteiger partial charge is 0.445 e. The van der Waals surface area contributed by atoms with Gasteiger partial charge in [0, 0.05) is 19.2 Å². The first-order valence-corrected chi connectivity index (χ1v) is 12.6. The number of ether oxygens (including phenoxy) is 1. The molecular formula is C21H35NO3Si. The zero-order chi connectivity index (χ0) is 19.4. The highest BCUT2D eigenvalue weighted by Crippen LogP contribution is 2.39. The van der Waals surface area contributed by atoms with Gasteiger partial charge < -0.3 is 14.1 Å². The molecule has 1 fully saturated rings. The Hall–Kier alpha value is -1.33. The molecule has 0 heterocycles. The first-order valence-electron chi connectivity index (χ1n) is 9.71. The van der Waals surface area contributed by atoms with Gasteiger partial charge in [-0.25, -0.2) is 4.79 Å². The van der Waals surface area contributed by atoms with Gasteiger partial charge in [0.25, 0.3) is 0 Å². The molecule has 1 saturated carbocycles. The summed E-state index contributed by atoms with van der Waals surface area (Å²) >= 11 is 0. The first-order chi connectivity index (χ1) is 12.1. The highest BCUT2D eigenvalue weighted by atomic mass is 28.4. The van der Waals surface area contributed by atoms with Crippen LogP contribution >= 0.6 is 0 Å². The molecule has 5 heteroatoms. The van der Waals surface area contributed by atoms with Crippen molar-refractivity contribution in [1.82, 2.24) is 4.90 Å². The predicted molar refractivity (Wildman–Crippen MR) is 109 cm³/mol. The molecule has 1 aromatic carbocycles. The summed E-state index contributed by atoms with van der Waals surface area (Å²) in [5.41, 5.74) is 1.01. The summed E-state index contributed by atoms with van der Waals surface area (Å²) in [4.78, 5) is 14.1. The lowest BCUT2D eigenvalue weighted by Crippen LogP contribution is -2.46. The van der Waals surface area contributed by atoms with E-state index in [4.69, 9.17) is 9.16 Å². The van der Waals surface area contributed by atoms with Gasteiger partial charge in [-0.15, -0.1) is 0 Å². The summed E-state index contributed by atoms with van der Waals surface area (Å²) in [5.74, 6) is 0. The third kappa shape index (κ3) is 5.58. The van der Waals surface area contributed by atoms with Crippen LogP contribution in [-0.4, -0.2) is 38.5 Å². The molecule has 0 N–H and O–H groups in total. The van der Waals surface area contributed by atoms with Gasteiger partial charge in [-0.05, 0) is 49.4 Å². The van der Waals surface area contributed by atoms with E-state index >= 15 is 0 Å². The minimum absolute atomic E-state index is 0.234. The molecule has 1 aromatic rings. The predicted octanol–water partition coefficient (Wildman–Crippen LogP) is 5.59. The van der Waals surface area contributed by atoms with E-state index in [-0.39, 0.29) is 17.2 Å². The van der Waals surface area contributed by atoms with Gasteiger partial charge >= 0.3 is 6.09 Å². The summed E-state index contributed by atoms with van der Waals surface area (Å²) in [5, 5.41) is 0.238. The Kier molecular flexibility index (Phi) is 6.91. The Morgan fingerprint density at radius 2 is 1.69 bits per heavy atom. The van der Waals surface area contributed by atoms with Crippen molar-refractivity contribution in [2.75, 3.05) is 7.05 Å². The molecule has 1 aliphatic carbocycles. The highest BCUT2D eigenvalue weighted by molar-refractivity contribution is 6.74. The summed E-state index contributed by atoms with van der Waals surface area (Å²) in [6.07, 6.45) is 4.11. The fourth-order valence-electron chi connectivity index (χ4n) is 3.11. The number of hydrogen-bond donors (Lipinski definition) is 0. The second kappa shape index (κ2) is 8.57. The van der Waals surface area contributed by atoms with Crippen LogP contribution in [0.1, 0.15) is 52.0 Å². The third-order valence-electron chi connectivity index (χ3n) is 5.95. The van der Waals surface area contributed by atoms with Crippen LogP contribution in [0.4, 0.5) is 4.79 Å². The van der Waals surface area contributed by atoms with E-state index in [0.717, 1.165) is 31.2 Å². The molecule has 26 heavy (non-hydrogen) atoms. The van der Waals surface area contributed by atoms with E-state index < -0.39 is 8.32 Å². The second-order valence-corrected chi connectivity index (χ2v) is 13.7. The lowest BCUT2D eigenvalue weighted by Gasteiger charge is -2.42. The number of rotatable bonds is 5. The molecule has 0 spiro atoms. The Morgan fingerprint density at radius 3 is 2.23 bits per heavy atom. The third-order valence-corrected chi connectivity index (χ3v) is 10.5. The molecule has 0 unspecified atom stereocenters. The molecule has 146 valence electrons. The standard InChI is InChI=1S/C21H35NO3Si/c1-21(2,3)26(5,6)25-19-14-12-18(13-15-19)22(4)20(23)24-16-17-10-8-7-9-11-17/h7-11,18-19H,12-16H2,1-6H3. The molecule has 0 aromatic heterocycles. The average molecular weight is 378 g/mol. The molecule has 0 bridgehead atoms. The molecular weight excluding hydrogens is 342 g/mol. The number of carbonyl (C=O) groups excluding carboxylic acids is 1. The summed E-state index contributed by atoms with van der Waals surface area (Å²) in [6, 6.07) is 10.1. The number of benzene rings is 1. The summed E-state index contributed by atoms with van der Waals surface area (Å²) in [6.45, 7) is 11.8. The quantitative estimate of drug-likeness (QED) is 0.628. The van der Waals surface area contributed by atoms with E-state index in [2.05, 4.69) is 33.9 Å². The van der Waals surface area contributed by atoms with E-state index in [1.54, 1.807) is 4.90 Å². The van der Waals surface area contributed by atoms with Crippen molar-refractivity contribution < 1.29 is 14.0 Å². The zero-order valence-electron chi connectivity index (χ0n) is 17.2. The Bertz CT molecular complexity index is 575. The van der Waals surface area contributed by atoms with Crippen LogP contribution in [0.5, 0.6) is 0 Å². The van der Waals surface area contributed by atoms with Gasteiger partial charge in [0.15, 0.2) is 8.32 Å². The van der Waals surface area contributed by atoms with E-state index in [1.807, 2.05) is 37.4 Å². The SMILES string of the molecule is CN(C(=O)OCc1ccccc1)C1CCC(O[Si](C)(C)C(C)(C)C)CC1. The maximum Gasteiger partial charge on any atom is 0.410 e. The smallest absolute Gasteiger partial charge is 0.410 e. The lowest BCUT2D eigenvalue weighted by molar-refractivity contribution is 0.0627. The van der Waals surface area contributed by atoms with Crippen LogP contribution in [0.2, 0.25) is 18.1 Å². The zero-order valence-corrected chi connectivity index (χ0v) is 18.2. The van der Waals surface area contributed by atoms with Crippen LogP contribution in [0.3, 0.4) is 0 Å². The lowest BCUT2D eigenvalue weighted by atomic mass is 9.92. The van der Waals surface area contributed by atoms with Gasteiger partial charge in [-0.2, -0.15) is 0 Å². The maximum absolute atomic E-state index is 12.3. The molecule has 1 amide bonds. The summed E-state index contributed by atoms with van der Waals surface area (Å²) < 4.78 is 12.0. The molecule has 0 aliphatic heterocycles. The molecule has 0 saturated heterocycles. The van der Waals surface area contributed by atoms with Crippen molar-refractivity contribution in [2.45, 2.75) is 83.3 Å². The highest BCUT2D eigenvalue weighted by Gasteiger charge is 2.40. The van der Waals surface area contributed by atoms with Crippen molar-refractivity contribution in [1.29, 1.82) is 0 Å². The minimum atomic E-state index is -1.72. The van der Waals surface area contributed by atoms with Crippen LogP contribution < -0.4 is 0 Å². The van der Waals surface area contributed by atoms with Gasteiger partial charge in [-0.1, -0.05) is 51.1 Å². The fraction of sp³-hybridized carbons (Fsp3) is 0.667. The van der Waals surface area contributed by atoms with E-state index in [1.165, 1.54) is 0 Å². The number of amides is 1. The number of carbonyl (C=O) groups is 1. The molecule has 4 nitrogen and oxygen atoms in total. The van der Waals surface area contributed by atoms with E-state index in [0.29, 0.717) is 12.7 Å². The fourth-order valence-corrected chi connectivity index (χ4v) is 4.54. The van der Waals surface area contributed by atoms with Crippen LogP contribution in [0.25, 0.3) is 0 Å². The van der Waals surface area contributed by atoms with Gasteiger partial charge in [0.2, 0.25) is 0 Å². The Morgan fingerprint density at radius 1 is 1.12 bits per heavy atom. The average Bonchev–Trinajstić information content (AvgIpc) is 2.59. The first kappa shape index (κ1) is 21.0. The second-order valence-electron chi connectivity index (χ2n) is 8.96. The van der Waals surface area contributed by atoms with E-state index in [9.17, 15) is 4.79 Å². The van der Waals surface area contributed by atoms with Crippen molar-refractivity contribution >= 4 is 14.4 Å². The van der Waals surface area contributed by atoms with Crippen LogP contribution in [0.15, 0.2) is 30.3 Å². The van der Waals surface area contributed by atoms with Crippen molar-refractivity contribution in [3.8, 4) is 0 Å². The number of hydrogen-bond acceptors (Lipinski definition) is 3. The molecule has 1 aliphatic rings. The minimum Gasteiger partial charge on any atom is -0.445 e. The van der Waals surface area contributed by atoms with Gasteiger partial charge in [-0.3, -0.25) is 0 Å². The Labute approximate surface area is 160 Å². The van der Waals surface area contributed by atoms with Crippen molar-refractivity contribution in [3.05, 3.63) is 35.9 Å². The monoisotopic (exact) mass is 377 g/mol. The van der Waals surface area contributed by atoms with Crippen molar-refractivity contribution in [3.63, 3.8) is 0 Å². The topological polar surface area (TPSA) is 38.8 Å². The Balaban J connectivity index is 1.78. The van der Waals surface area contributed by atoms with Crippen LogP contribution in [-0.2, 0) is 15.8 Å². The van der Waals surface area contributed by atoms with Crippen molar-refractivity contribution in [2.24, 2.45) is 0 Å².